The van der Waals surface area contributed by atoms with Crippen molar-refractivity contribution in [3.05, 3.63) is 32.7 Å². The zero-order valence-corrected chi connectivity index (χ0v) is 13.8. The quantitative estimate of drug-likeness (QED) is 0.802. The molecule has 1 aromatic carbocycles. The average Bonchev–Trinajstić information content (AvgIpc) is 2.30. The van der Waals surface area contributed by atoms with Crippen molar-refractivity contribution in [1.29, 1.82) is 0 Å². The molecule has 1 aromatic rings. The first kappa shape index (κ1) is 14.5. The molecule has 0 unspecified atom stereocenters. The Kier molecular flexibility index (Phi) is 4.01. The van der Waals surface area contributed by atoms with Gasteiger partial charge in [0.2, 0.25) is 5.91 Å². The molecule has 1 aliphatic heterocycles. The second-order valence-electron chi connectivity index (χ2n) is 4.93. The predicted molar refractivity (Wildman–Crippen MR) is 80.0 cm³/mol. The highest BCUT2D eigenvalue weighted by atomic mass is 79.9. The predicted octanol–water partition coefficient (Wildman–Crippen LogP) is 2.56. The topological polar surface area (TPSA) is 49.4 Å². The molecule has 2 rings (SSSR count). The lowest BCUT2D eigenvalue weighted by atomic mass is 9.97. The summed E-state index contributed by atoms with van der Waals surface area (Å²) in [6.07, 6.45) is 0. The number of amides is 2. The minimum absolute atomic E-state index is 0.124. The Labute approximate surface area is 128 Å². The molecular formula is C13H14Br2N2O2. The van der Waals surface area contributed by atoms with E-state index in [0.717, 1.165) is 8.95 Å². The summed E-state index contributed by atoms with van der Waals surface area (Å²) >= 11 is 6.73. The third kappa shape index (κ3) is 2.84. The number of nitrogens with zero attached hydrogens (tertiary/aromatic N) is 1. The van der Waals surface area contributed by atoms with Gasteiger partial charge >= 0.3 is 0 Å². The number of nitrogens with one attached hydrogen (secondary N) is 1. The van der Waals surface area contributed by atoms with Crippen molar-refractivity contribution in [1.82, 2.24) is 10.2 Å². The van der Waals surface area contributed by atoms with Gasteiger partial charge < -0.3 is 10.2 Å². The number of carbonyl (C=O) groups excluding carboxylic acids is 2. The zero-order valence-electron chi connectivity index (χ0n) is 10.7. The first-order valence-corrected chi connectivity index (χ1v) is 7.47. The lowest BCUT2D eigenvalue weighted by Crippen LogP contribution is -2.63. The Morgan fingerprint density at radius 1 is 1.26 bits per heavy atom. The number of rotatable bonds is 1. The van der Waals surface area contributed by atoms with Gasteiger partial charge in [0, 0.05) is 27.6 Å². The molecule has 0 radical (unpaired) electrons. The van der Waals surface area contributed by atoms with E-state index in [9.17, 15) is 9.59 Å². The van der Waals surface area contributed by atoms with Gasteiger partial charge in [-0.2, -0.15) is 0 Å². The highest BCUT2D eigenvalue weighted by Crippen LogP contribution is 2.25. The third-order valence-corrected chi connectivity index (χ3v) is 4.12. The maximum Gasteiger partial charge on any atom is 0.254 e. The molecule has 6 heteroatoms. The highest BCUT2D eigenvalue weighted by Gasteiger charge is 2.40. The van der Waals surface area contributed by atoms with Crippen LogP contribution in [-0.2, 0) is 4.79 Å². The van der Waals surface area contributed by atoms with Crippen LogP contribution in [0.3, 0.4) is 0 Å². The van der Waals surface area contributed by atoms with E-state index in [2.05, 4.69) is 37.2 Å². The minimum atomic E-state index is -0.829. The van der Waals surface area contributed by atoms with E-state index in [-0.39, 0.29) is 11.8 Å². The summed E-state index contributed by atoms with van der Waals surface area (Å²) in [4.78, 5) is 26.1. The van der Waals surface area contributed by atoms with Crippen LogP contribution in [0.15, 0.2) is 27.1 Å². The lowest BCUT2D eigenvalue weighted by Gasteiger charge is -2.41. The SMILES string of the molecule is CC1(C)C(=O)NCCN1C(=O)c1cc(Br)cc(Br)c1. The molecule has 0 bridgehead atoms. The molecule has 4 nitrogen and oxygen atoms in total. The van der Waals surface area contributed by atoms with Crippen LogP contribution in [0.4, 0.5) is 0 Å². The summed E-state index contributed by atoms with van der Waals surface area (Å²) in [7, 11) is 0. The van der Waals surface area contributed by atoms with Crippen LogP contribution in [0, 0.1) is 0 Å². The summed E-state index contributed by atoms with van der Waals surface area (Å²) < 4.78 is 1.65. The van der Waals surface area contributed by atoms with Gasteiger partial charge in [-0.3, -0.25) is 9.59 Å². The minimum Gasteiger partial charge on any atom is -0.352 e. The molecular weight excluding hydrogens is 376 g/mol. The molecule has 0 atom stereocenters. The van der Waals surface area contributed by atoms with Crippen molar-refractivity contribution < 1.29 is 9.59 Å². The maximum absolute atomic E-state index is 12.6. The number of halogens is 2. The van der Waals surface area contributed by atoms with E-state index in [1.807, 2.05) is 6.07 Å². The summed E-state index contributed by atoms with van der Waals surface area (Å²) in [5.41, 5.74) is -0.270. The van der Waals surface area contributed by atoms with Gasteiger partial charge in [0.1, 0.15) is 5.54 Å². The monoisotopic (exact) mass is 388 g/mol. The molecule has 0 spiro atoms. The zero-order chi connectivity index (χ0) is 14.2. The largest absolute Gasteiger partial charge is 0.352 e. The summed E-state index contributed by atoms with van der Waals surface area (Å²) in [6, 6.07) is 5.39. The van der Waals surface area contributed by atoms with E-state index in [4.69, 9.17) is 0 Å². The molecule has 0 aliphatic carbocycles. The van der Waals surface area contributed by atoms with Crippen LogP contribution in [0.2, 0.25) is 0 Å². The number of piperazine rings is 1. The average molecular weight is 390 g/mol. The van der Waals surface area contributed by atoms with Gasteiger partial charge in [-0.25, -0.2) is 0 Å². The van der Waals surface area contributed by atoms with Gasteiger partial charge in [0.25, 0.3) is 5.91 Å². The van der Waals surface area contributed by atoms with Gasteiger partial charge in [-0.1, -0.05) is 31.9 Å². The summed E-state index contributed by atoms with van der Waals surface area (Å²) in [6.45, 7) is 4.52. The smallest absolute Gasteiger partial charge is 0.254 e. The maximum atomic E-state index is 12.6. The molecule has 102 valence electrons. The van der Waals surface area contributed by atoms with E-state index >= 15 is 0 Å². The fourth-order valence-corrected chi connectivity index (χ4v) is 3.38. The Morgan fingerprint density at radius 3 is 2.42 bits per heavy atom. The Hall–Kier alpha value is -0.880. The number of hydrogen-bond donors (Lipinski definition) is 1. The first-order valence-electron chi connectivity index (χ1n) is 5.89. The molecule has 2 amide bonds. The lowest BCUT2D eigenvalue weighted by molar-refractivity contribution is -0.133. The van der Waals surface area contributed by atoms with Crippen LogP contribution in [-0.4, -0.2) is 35.3 Å². The summed E-state index contributed by atoms with van der Waals surface area (Å²) in [5.74, 6) is -0.261. The Morgan fingerprint density at radius 2 is 1.84 bits per heavy atom. The van der Waals surface area contributed by atoms with Crippen LogP contribution in [0.5, 0.6) is 0 Å². The van der Waals surface area contributed by atoms with Gasteiger partial charge in [-0.05, 0) is 32.0 Å². The summed E-state index contributed by atoms with van der Waals surface area (Å²) in [5, 5.41) is 2.78. The van der Waals surface area contributed by atoms with Crippen LogP contribution < -0.4 is 5.32 Å². The number of hydrogen-bond acceptors (Lipinski definition) is 2. The first-order chi connectivity index (χ1) is 8.82. The van der Waals surface area contributed by atoms with Crippen LogP contribution >= 0.6 is 31.9 Å². The second-order valence-corrected chi connectivity index (χ2v) is 6.76. The standard InChI is InChI=1S/C13H14Br2N2O2/c1-13(2)12(19)16-3-4-17(13)11(18)8-5-9(14)7-10(15)6-8/h5-7H,3-4H2,1-2H3,(H,16,19). The van der Waals surface area contributed by atoms with Crippen LogP contribution in [0.25, 0.3) is 0 Å². The van der Waals surface area contributed by atoms with Crippen molar-refractivity contribution in [2.24, 2.45) is 0 Å². The fraction of sp³-hybridized carbons (Fsp3) is 0.385. The Balaban J connectivity index is 2.35. The van der Waals surface area contributed by atoms with Crippen molar-refractivity contribution in [2.75, 3.05) is 13.1 Å². The van der Waals surface area contributed by atoms with Crippen molar-refractivity contribution in [3.8, 4) is 0 Å². The third-order valence-electron chi connectivity index (χ3n) is 3.21. The van der Waals surface area contributed by atoms with Gasteiger partial charge in [0.05, 0.1) is 0 Å². The highest BCUT2D eigenvalue weighted by molar-refractivity contribution is 9.11. The molecule has 0 saturated carbocycles. The molecule has 1 heterocycles. The molecule has 1 fully saturated rings. The molecule has 19 heavy (non-hydrogen) atoms. The van der Waals surface area contributed by atoms with Crippen molar-refractivity contribution in [2.45, 2.75) is 19.4 Å². The van der Waals surface area contributed by atoms with Crippen molar-refractivity contribution >= 4 is 43.7 Å². The molecule has 1 N–H and O–H groups in total. The van der Waals surface area contributed by atoms with Crippen molar-refractivity contribution in [3.63, 3.8) is 0 Å². The molecule has 1 saturated heterocycles. The van der Waals surface area contributed by atoms with Crippen LogP contribution in [0.1, 0.15) is 24.2 Å². The van der Waals surface area contributed by atoms with E-state index in [0.29, 0.717) is 18.7 Å². The molecule has 0 aromatic heterocycles. The fourth-order valence-electron chi connectivity index (χ4n) is 2.09. The number of benzene rings is 1. The number of carbonyl (C=O) groups is 2. The van der Waals surface area contributed by atoms with E-state index < -0.39 is 5.54 Å². The molecule has 1 aliphatic rings. The van der Waals surface area contributed by atoms with E-state index in [1.54, 1.807) is 30.9 Å². The van der Waals surface area contributed by atoms with E-state index in [1.165, 1.54) is 0 Å². The normalized spacial score (nSPS) is 18.1. The Bertz CT molecular complexity index is 523. The van der Waals surface area contributed by atoms with Gasteiger partial charge in [0.15, 0.2) is 0 Å². The van der Waals surface area contributed by atoms with Gasteiger partial charge in [-0.15, -0.1) is 0 Å². The second kappa shape index (κ2) is 5.25.